The molecule has 192 valence electrons. The number of carboxylic acid groups (broad SMARTS) is 2. The summed E-state index contributed by atoms with van der Waals surface area (Å²) in [6.45, 7) is 5.28. The highest BCUT2D eigenvalue weighted by atomic mass is 16.6. The molecule has 0 unspecified atom stereocenters. The molecule has 2 aromatic rings. The number of nitrogens with two attached hydrogens (primary N) is 2. The fourth-order valence-corrected chi connectivity index (χ4v) is 2.61. The van der Waals surface area contributed by atoms with Crippen LogP contribution >= 0.6 is 0 Å². The zero-order valence-electron chi connectivity index (χ0n) is 18.1. The summed E-state index contributed by atoms with van der Waals surface area (Å²) < 4.78 is 0. The SMILES string of the molecule is C1C[NH2+]CC[NH2+]1.O=C([O-])c1cc([N+](=O)[O-])cc([N+](=O)[O-])c1.O=C([O-])c1cc([N+](=O)[O-])cc([N+](=O)[O-])c1. The summed E-state index contributed by atoms with van der Waals surface area (Å²) in [6.07, 6.45) is 0. The molecule has 0 bridgehead atoms. The molecule has 4 N–H and O–H groups in total. The summed E-state index contributed by atoms with van der Waals surface area (Å²) in [5, 5.41) is 66.8. The average Bonchev–Trinajstić information content (AvgIpc) is 2.85. The third kappa shape index (κ3) is 9.41. The number of aromatic carboxylic acids is 2. The number of hydrogen-bond donors (Lipinski definition) is 2. The number of benzene rings is 2. The highest BCUT2D eigenvalue weighted by Gasteiger charge is 2.17. The van der Waals surface area contributed by atoms with E-state index in [9.17, 15) is 60.3 Å². The number of nitro benzene ring substituents is 4. The van der Waals surface area contributed by atoms with Gasteiger partial charge in [-0.25, -0.2) is 0 Å². The molecule has 3 rings (SSSR count). The van der Waals surface area contributed by atoms with Gasteiger partial charge in [-0.3, -0.25) is 40.5 Å². The zero-order valence-corrected chi connectivity index (χ0v) is 18.1. The Bertz CT molecular complexity index is 926. The molecule has 1 saturated heterocycles. The topological polar surface area (TPSA) is 286 Å². The largest absolute Gasteiger partial charge is 0.545 e. The molecule has 0 amide bonds. The number of carbonyl (C=O) groups is 2. The van der Waals surface area contributed by atoms with Crippen molar-refractivity contribution in [1.29, 1.82) is 0 Å². The first kappa shape index (κ1) is 28.9. The van der Waals surface area contributed by atoms with E-state index in [-0.39, 0.29) is 0 Å². The second-order valence-corrected chi connectivity index (χ2v) is 6.81. The van der Waals surface area contributed by atoms with Gasteiger partial charge in [-0.05, 0) is 0 Å². The summed E-state index contributed by atoms with van der Waals surface area (Å²) in [7, 11) is 0. The van der Waals surface area contributed by atoms with Crippen molar-refractivity contribution in [1.82, 2.24) is 0 Å². The van der Waals surface area contributed by atoms with Gasteiger partial charge in [-0.15, -0.1) is 0 Å². The zero-order chi connectivity index (χ0) is 27.4. The third-order valence-corrected chi connectivity index (χ3v) is 4.27. The highest BCUT2D eigenvalue weighted by molar-refractivity contribution is 5.88. The molecular weight excluding hydrogens is 492 g/mol. The monoisotopic (exact) mass is 510 g/mol. The molecule has 0 atom stereocenters. The quantitative estimate of drug-likeness (QED) is 0.288. The predicted molar refractivity (Wildman–Crippen MR) is 111 cm³/mol. The van der Waals surface area contributed by atoms with Crippen LogP contribution in [0.1, 0.15) is 20.7 Å². The van der Waals surface area contributed by atoms with Crippen LogP contribution in [0.15, 0.2) is 36.4 Å². The number of piperazine rings is 1. The van der Waals surface area contributed by atoms with Gasteiger partial charge in [-0.2, -0.15) is 0 Å². The maximum atomic E-state index is 10.4. The van der Waals surface area contributed by atoms with Crippen LogP contribution in [0.4, 0.5) is 22.7 Å². The number of quaternary nitrogens is 2. The van der Waals surface area contributed by atoms with Crippen LogP contribution < -0.4 is 20.8 Å². The lowest BCUT2D eigenvalue weighted by molar-refractivity contribution is -0.787. The van der Waals surface area contributed by atoms with Crippen LogP contribution in [0, 0.1) is 40.5 Å². The molecule has 18 nitrogen and oxygen atoms in total. The fourth-order valence-electron chi connectivity index (χ4n) is 2.61. The lowest BCUT2D eigenvalue weighted by atomic mass is 10.2. The third-order valence-electron chi connectivity index (χ3n) is 4.27. The first-order valence-electron chi connectivity index (χ1n) is 9.77. The van der Waals surface area contributed by atoms with Crippen molar-refractivity contribution in [3.8, 4) is 0 Å². The second kappa shape index (κ2) is 13.6. The van der Waals surface area contributed by atoms with Gasteiger partial charge in [0.15, 0.2) is 0 Å². The van der Waals surface area contributed by atoms with Gasteiger partial charge in [0.05, 0.1) is 43.8 Å². The number of carbonyl (C=O) groups excluding carboxylic acids is 2. The van der Waals surface area contributed by atoms with Gasteiger partial charge in [0.2, 0.25) is 0 Å². The summed E-state index contributed by atoms with van der Waals surface area (Å²) >= 11 is 0. The van der Waals surface area contributed by atoms with E-state index in [1.54, 1.807) is 0 Å². The molecule has 1 aliphatic heterocycles. The Morgan fingerprint density at radius 1 is 0.528 bits per heavy atom. The molecule has 1 aliphatic rings. The molecule has 0 saturated carbocycles. The Labute approximate surface area is 199 Å². The van der Waals surface area contributed by atoms with E-state index in [1.165, 1.54) is 26.2 Å². The molecule has 0 radical (unpaired) electrons. The molecule has 36 heavy (non-hydrogen) atoms. The molecule has 0 aliphatic carbocycles. The van der Waals surface area contributed by atoms with Gasteiger partial charge < -0.3 is 30.4 Å². The normalized spacial score (nSPS) is 12.0. The van der Waals surface area contributed by atoms with Gasteiger partial charge in [-0.1, -0.05) is 0 Å². The van der Waals surface area contributed by atoms with Gasteiger partial charge in [0, 0.05) is 35.4 Å². The molecule has 18 heteroatoms. The van der Waals surface area contributed by atoms with Crippen LogP contribution in [0.5, 0.6) is 0 Å². The maximum absolute atomic E-state index is 10.4. The van der Waals surface area contributed by atoms with Crippen LogP contribution in [0.25, 0.3) is 0 Å². The van der Waals surface area contributed by atoms with Crippen molar-refractivity contribution in [3.05, 3.63) is 88.0 Å². The minimum absolute atomic E-state index is 0.601. The predicted octanol–water partition coefficient (Wildman–Crippen LogP) is -3.14. The van der Waals surface area contributed by atoms with Crippen molar-refractivity contribution >= 4 is 34.7 Å². The summed E-state index contributed by atoms with van der Waals surface area (Å²) in [6, 6.07) is 4.13. The van der Waals surface area contributed by atoms with Crippen molar-refractivity contribution in [2.24, 2.45) is 0 Å². The van der Waals surface area contributed by atoms with Gasteiger partial charge in [0.1, 0.15) is 26.2 Å². The molecule has 1 fully saturated rings. The Morgan fingerprint density at radius 2 is 0.750 bits per heavy atom. The minimum atomic E-state index is -1.71. The van der Waals surface area contributed by atoms with Crippen LogP contribution in [-0.4, -0.2) is 57.8 Å². The average molecular weight is 510 g/mol. The van der Waals surface area contributed by atoms with Crippen molar-refractivity contribution in [2.45, 2.75) is 0 Å². The lowest BCUT2D eigenvalue weighted by Gasteiger charge is -2.04. The van der Waals surface area contributed by atoms with E-state index in [1.807, 2.05) is 0 Å². The number of rotatable bonds is 6. The minimum Gasteiger partial charge on any atom is -0.545 e. The van der Waals surface area contributed by atoms with Gasteiger partial charge >= 0.3 is 0 Å². The van der Waals surface area contributed by atoms with Gasteiger partial charge in [0.25, 0.3) is 22.7 Å². The fraction of sp³-hybridized carbons (Fsp3) is 0.222. The van der Waals surface area contributed by atoms with Crippen LogP contribution in [0.3, 0.4) is 0 Å². The van der Waals surface area contributed by atoms with E-state index in [0.29, 0.717) is 36.4 Å². The molecule has 1 heterocycles. The summed E-state index contributed by atoms with van der Waals surface area (Å²) in [4.78, 5) is 58.4. The first-order chi connectivity index (χ1) is 16.8. The molecule has 0 spiro atoms. The second-order valence-electron chi connectivity index (χ2n) is 6.81. The Kier molecular flexibility index (Phi) is 10.9. The van der Waals surface area contributed by atoms with E-state index in [4.69, 9.17) is 0 Å². The number of hydrogen-bond acceptors (Lipinski definition) is 12. The Morgan fingerprint density at radius 3 is 0.889 bits per heavy atom. The molecular formula is C18H18N6O12. The van der Waals surface area contributed by atoms with Crippen molar-refractivity contribution in [3.63, 3.8) is 0 Å². The number of nitro groups is 4. The number of non-ortho nitro benzene ring substituents is 4. The molecule has 2 aromatic carbocycles. The summed E-state index contributed by atoms with van der Waals surface area (Å²) in [5.41, 5.74) is -3.86. The van der Waals surface area contributed by atoms with Crippen LogP contribution in [0.2, 0.25) is 0 Å². The van der Waals surface area contributed by atoms with Crippen molar-refractivity contribution < 1.29 is 50.1 Å². The Balaban J connectivity index is 0.000000293. The first-order valence-corrected chi connectivity index (χ1v) is 9.77. The smallest absolute Gasteiger partial charge is 0.276 e. The van der Waals surface area contributed by atoms with E-state index >= 15 is 0 Å². The molecule has 0 aromatic heterocycles. The van der Waals surface area contributed by atoms with E-state index in [2.05, 4.69) is 10.6 Å². The standard InChI is InChI=1S/2C7H4N2O6.C4H10N2/c2*10-7(11)4-1-5(8(12)13)3-6(2-4)9(14)15;1-2-6-4-3-5-1/h2*1-3H,(H,10,11);5-6H,1-4H2. The van der Waals surface area contributed by atoms with E-state index in [0.717, 1.165) is 0 Å². The number of carboxylic acids is 2. The highest BCUT2D eigenvalue weighted by Crippen LogP contribution is 2.23. The maximum Gasteiger partial charge on any atom is 0.276 e. The number of nitrogens with zero attached hydrogens (tertiary/aromatic N) is 4. The Hall–Kier alpha value is -5.10. The van der Waals surface area contributed by atoms with E-state index < -0.39 is 65.5 Å². The van der Waals surface area contributed by atoms with Crippen molar-refractivity contribution in [2.75, 3.05) is 26.2 Å². The summed E-state index contributed by atoms with van der Waals surface area (Å²) in [5.74, 6) is -3.41. The van der Waals surface area contributed by atoms with Crippen LogP contribution in [-0.2, 0) is 0 Å². The lowest BCUT2D eigenvalue weighted by Crippen LogP contribution is -3.04.